The van der Waals surface area contributed by atoms with Gasteiger partial charge in [-0.25, -0.2) is 0 Å². The van der Waals surface area contributed by atoms with Crippen molar-refractivity contribution in [2.24, 2.45) is 0 Å². The lowest BCUT2D eigenvalue weighted by Crippen LogP contribution is -2.29. The molecule has 1 aromatic heterocycles. The lowest BCUT2D eigenvalue weighted by molar-refractivity contribution is 0.0938. The molecule has 72 valence electrons. The Morgan fingerprint density at radius 3 is 3.23 bits per heavy atom. The van der Waals surface area contributed by atoms with E-state index >= 15 is 0 Å². The average Bonchev–Trinajstić information content (AvgIpc) is 2.71. The first-order chi connectivity index (χ1) is 6.31. The molecule has 1 saturated heterocycles. The molecule has 0 saturated carbocycles. The number of hydrogen-bond donors (Lipinski definition) is 2. The van der Waals surface area contributed by atoms with E-state index in [2.05, 4.69) is 23.7 Å². The van der Waals surface area contributed by atoms with Gasteiger partial charge >= 0.3 is 0 Å². The zero-order chi connectivity index (χ0) is 9.26. The van der Waals surface area contributed by atoms with Gasteiger partial charge in [0.2, 0.25) is 0 Å². The smallest absolute Gasteiger partial charge is 0.111 e. The van der Waals surface area contributed by atoms with Crippen LogP contribution < -0.4 is 5.32 Å². The van der Waals surface area contributed by atoms with Gasteiger partial charge in [0.25, 0.3) is 0 Å². The Bertz CT molecular complexity index is 287. The molecule has 13 heavy (non-hydrogen) atoms. The molecular weight excluding hydrogens is 186 g/mol. The maximum Gasteiger partial charge on any atom is 0.111 e. The van der Waals surface area contributed by atoms with E-state index < -0.39 is 0 Å². The summed E-state index contributed by atoms with van der Waals surface area (Å²) in [4.78, 5) is 1.20. The van der Waals surface area contributed by atoms with Crippen LogP contribution in [0, 0.1) is 6.92 Å². The second-order valence-corrected chi connectivity index (χ2v) is 4.19. The standard InChI is InChI=1S/C9H13NO2S/c1-6-2-8(13-4-6)9-7(3-11)10-5-12-9/h2,4,7,9-11H,3,5H2,1H3/t7-,9-/m0/s1. The van der Waals surface area contributed by atoms with E-state index in [0.29, 0.717) is 6.73 Å². The zero-order valence-corrected chi connectivity index (χ0v) is 8.30. The molecular formula is C9H13NO2S. The highest BCUT2D eigenvalue weighted by Crippen LogP contribution is 2.29. The van der Waals surface area contributed by atoms with Gasteiger partial charge in [0.05, 0.1) is 19.4 Å². The van der Waals surface area contributed by atoms with Crippen LogP contribution in [0.15, 0.2) is 11.4 Å². The summed E-state index contributed by atoms with van der Waals surface area (Å²) in [5.41, 5.74) is 1.26. The number of hydrogen-bond acceptors (Lipinski definition) is 4. The van der Waals surface area contributed by atoms with Crippen molar-refractivity contribution >= 4 is 11.3 Å². The van der Waals surface area contributed by atoms with Crippen molar-refractivity contribution in [2.75, 3.05) is 13.3 Å². The Hall–Kier alpha value is -0.420. The molecule has 2 heterocycles. The largest absolute Gasteiger partial charge is 0.395 e. The normalized spacial score (nSPS) is 28.2. The predicted molar refractivity (Wildman–Crippen MR) is 51.8 cm³/mol. The van der Waals surface area contributed by atoms with Crippen LogP contribution in [0.4, 0.5) is 0 Å². The minimum Gasteiger partial charge on any atom is -0.395 e. The van der Waals surface area contributed by atoms with Gasteiger partial charge in [-0.3, -0.25) is 5.32 Å². The third-order valence-electron chi connectivity index (χ3n) is 2.20. The monoisotopic (exact) mass is 199 g/mol. The van der Waals surface area contributed by atoms with Gasteiger partial charge in [0.1, 0.15) is 6.10 Å². The molecule has 2 atom stereocenters. The molecule has 2 N–H and O–H groups in total. The molecule has 3 nitrogen and oxygen atoms in total. The van der Waals surface area contributed by atoms with Crippen molar-refractivity contribution in [1.29, 1.82) is 0 Å². The van der Waals surface area contributed by atoms with Crippen LogP contribution in [-0.4, -0.2) is 24.5 Å². The van der Waals surface area contributed by atoms with Crippen LogP contribution in [0.5, 0.6) is 0 Å². The summed E-state index contributed by atoms with van der Waals surface area (Å²) in [5, 5.41) is 14.3. The third kappa shape index (κ3) is 1.76. The van der Waals surface area contributed by atoms with Crippen molar-refractivity contribution < 1.29 is 9.84 Å². The first-order valence-corrected chi connectivity index (χ1v) is 5.20. The number of aliphatic hydroxyl groups excluding tert-OH is 1. The number of aryl methyl sites for hydroxylation is 1. The van der Waals surface area contributed by atoms with Crippen molar-refractivity contribution in [3.8, 4) is 0 Å². The van der Waals surface area contributed by atoms with E-state index in [1.54, 1.807) is 11.3 Å². The highest BCUT2D eigenvalue weighted by molar-refractivity contribution is 7.10. The molecule has 2 rings (SSSR count). The SMILES string of the molecule is Cc1csc([C@H]2OCN[C@H]2CO)c1. The van der Waals surface area contributed by atoms with Crippen LogP contribution in [0.3, 0.4) is 0 Å². The van der Waals surface area contributed by atoms with Crippen LogP contribution in [0.2, 0.25) is 0 Å². The molecule has 0 aliphatic carbocycles. The first-order valence-electron chi connectivity index (χ1n) is 4.32. The van der Waals surface area contributed by atoms with Gasteiger partial charge in [0, 0.05) is 4.88 Å². The highest BCUT2D eigenvalue weighted by Gasteiger charge is 2.29. The van der Waals surface area contributed by atoms with E-state index in [1.165, 1.54) is 10.4 Å². The molecule has 0 bridgehead atoms. The molecule has 1 fully saturated rings. The first kappa shape index (κ1) is 9.15. The number of nitrogens with one attached hydrogen (secondary N) is 1. The summed E-state index contributed by atoms with van der Waals surface area (Å²) < 4.78 is 5.50. The Morgan fingerprint density at radius 2 is 2.62 bits per heavy atom. The molecule has 4 heteroatoms. The van der Waals surface area contributed by atoms with Gasteiger partial charge in [-0.05, 0) is 23.9 Å². The van der Waals surface area contributed by atoms with Crippen LogP contribution in [-0.2, 0) is 4.74 Å². The summed E-state index contributed by atoms with van der Waals surface area (Å²) in [6.07, 6.45) is 0.0312. The van der Waals surface area contributed by atoms with Crippen molar-refractivity contribution in [2.45, 2.75) is 19.1 Å². The summed E-state index contributed by atoms with van der Waals surface area (Å²) in [6, 6.07) is 2.17. The van der Waals surface area contributed by atoms with E-state index in [9.17, 15) is 0 Å². The van der Waals surface area contributed by atoms with Gasteiger partial charge in [-0.2, -0.15) is 0 Å². The second kappa shape index (κ2) is 3.75. The van der Waals surface area contributed by atoms with Gasteiger partial charge < -0.3 is 9.84 Å². The van der Waals surface area contributed by atoms with Crippen molar-refractivity contribution in [3.63, 3.8) is 0 Å². The Balaban J connectivity index is 2.15. The topological polar surface area (TPSA) is 41.5 Å². The van der Waals surface area contributed by atoms with E-state index in [4.69, 9.17) is 9.84 Å². The van der Waals surface area contributed by atoms with Crippen molar-refractivity contribution in [3.05, 3.63) is 21.9 Å². The summed E-state index contributed by atoms with van der Waals surface area (Å²) in [7, 11) is 0. The van der Waals surface area contributed by atoms with E-state index in [-0.39, 0.29) is 18.8 Å². The van der Waals surface area contributed by atoms with E-state index in [0.717, 1.165) is 0 Å². The maximum absolute atomic E-state index is 9.07. The lowest BCUT2D eigenvalue weighted by Gasteiger charge is -2.13. The maximum atomic E-state index is 9.07. The molecule has 1 aliphatic heterocycles. The average molecular weight is 199 g/mol. The van der Waals surface area contributed by atoms with Gasteiger partial charge in [0.15, 0.2) is 0 Å². The fourth-order valence-electron chi connectivity index (χ4n) is 1.51. The summed E-state index contributed by atoms with van der Waals surface area (Å²) in [6.45, 7) is 2.73. The summed E-state index contributed by atoms with van der Waals surface area (Å²) in [5.74, 6) is 0. The molecule has 0 aromatic carbocycles. The van der Waals surface area contributed by atoms with Crippen molar-refractivity contribution in [1.82, 2.24) is 5.32 Å². The quantitative estimate of drug-likeness (QED) is 0.747. The number of rotatable bonds is 2. The van der Waals surface area contributed by atoms with Gasteiger partial charge in [-0.15, -0.1) is 11.3 Å². The van der Waals surface area contributed by atoms with Crippen LogP contribution in [0.1, 0.15) is 16.5 Å². The molecule has 1 aliphatic rings. The lowest BCUT2D eigenvalue weighted by atomic mass is 10.1. The molecule has 0 spiro atoms. The Labute approximate surface area is 81.3 Å². The number of thiophene rings is 1. The zero-order valence-electron chi connectivity index (χ0n) is 7.49. The third-order valence-corrected chi connectivity index (χ3v) is 3.31. The Kier molecular flexibility index (Phi) is 2.64. The fraction of sp³-hybridized carbons (Fsp3) is 0.556. The predicted octanol–water partition coefficient (Wildman–Crippen LogP) is 1.04. The molecule has 0 amide bonds. The Morgan fingerprint density at radius 1 is 1.77 bits per heavy atom. The summed E-state index contributed by atoms with van der Waals surface area (Å²) >= 11 is 1.69. The second-order valence-electron chi connectivity index (χ2n) is 3.25. The minimum absolute atomic E-state index is 0.0312. The van der Waals surface area contributed by atoms with Crippen LogP contribution >= 0.6 is 11.3 Å². The van der Waals surface area contributed by atoms with E-state index in [1.807, 2.05) is 0 Å². The molecule has 0 unspecified atom stereocenters. The number of ether oxygens (including phenoxy) is 1. The van der Waals surface area contributed by atoms with Gasteiger partial charge in [-0.1, -0.05) is 0 Å². The van der Waals surface area contributed by atoms with Crippen LogP contribution in [0.25, 0.3) is 0 Å². The number of aliphatic hydroxyl groups is 1. The molecule has 0 radical (unpaired) electrons. The fourth-order valence-corrected chi connectivity index (χ4v) is 2.52. The highest BCUT2D eigenvalue weighted by atomic mass is 32.1. The minimum atomic E-state index is 0.0312. The molecule has 1 aromatic rings.